The molecule has 0 amide bonds. The second kappa shape index (κ2) is 5.16. The Labute approximate surface area is 94.6 Å². The van der Waals surface area contributed by atoms with E-state index in [9.17, 15) is 4.39 Å². The first-order chi connectivity index (χ1) is 7.83. The lowest BCUT2D eigenvalue weighted by atomic mass is 10.0. The van der Waals surface area contributed by atoms with Crippen LogP contribution < -0.4 is 14.8 Å². The van der Waals surface area contributed by atoms with E-state index in [-0.39, 0.29) is 6.04 Å². The number of alkyl halides is 1. The van der Waals surface area contributed by atoms with Crippen molar-refractivity contribution < 1.29 is 13.9 Å². The Hall–Kier alpha value is -1.29. The van der Waals surface area contributed by atoms with Crippen molar-refractivity contribution in [2.45, 2.75) is 25.8 Å². The molecule has 1 unspecified atom stereocenters. The maximum absolute atomic E-state index is 12.2. The molecule has 1 aromatic rings. The van der Waals surface area contributed by atoms with Gasteiger partial charge in [0.2, 0.25) is 6.79 Å². The third kappa shape index (κ3) is 2.44. The summed E-state index contributed by atoms with van der Waals surface area (Å²) >= 11 is 0. The Kier molecular flexibility index (Phi) is 3.62. The first-order valence-electron chi connectivity index (χ1n) is 5.51. The first kappa shape index (κ1) is 11.2. The fourth-order valence-corrected chi connectivity index (χ4v) is 1.82. The fourth-order valence-electron chi connectivity index (χ4n) is 1.82. The number of ether oxygens (including phenoxy) is 2. The summed E-state index contributed by atoms with van der Waals surface area (Å²) < 4.78 is 22.7. The van der Waals surface area contributed by atoms with Crippen molar-refractivity contribution in [1.82, 2.24) is 5.32 Å². The van der Waals surface area contributed by atoms with E-state index in [1.165, 1.54) is 0 Å². The van der Waals surface area contributed by atoms with E-state index >= 15 is 0 Å². The molecule has 1 aliphatic heterocycles. The van der Waals surface area contributed by atoms with Gasteiger partial charge in [0, 0.05) is 6.04 Å². The maximum atomic E-state index is 12.2. The average Bonchev–Trinajstić information content (AvgIpc) is 2.75. The zero-order valence-electron chi connectivity index (χ0n) is 9.33. The van der Waals surface area contributed by atoms with Crippen LogP contribution in [0.1, 0.15) is 18.9 Å². The molecule has 4 heteroatoms. The van der Waals surface area contributed by atoms with Gasteiger partial charge in [-0.05, 0) is 30.5 Å². The Morgan fingerprint density at radius 3 is 2.94 bits per heavy atom. The highest BCUT2D eigenvalue weighted by Crippen LogP contribution is 2.32. The molecule has 1 heterocycles. The number of hydrogen-bond acceptors (Lipinski definition) is 3. The van der Waals surface area contributed by atoms with Crippen molar-refractivity contribution in [3.8, 4) is 11.5 Å². The summed E-state index contributed by atoms with van der Waals surface area (Å²) in [6, 6.07) is 6.03. The summed E-state index contributed by atoms with van der Waals surface area (Å²) in [5.41, 5.74) is 1.14. The van der Waals surface area contributed by atoms with E-state index in [0.717, 1.165) is 29.9 Å². The molecule has 0 aliphatic carbocycles. The van der Waals surface area contributed by atoms with E-state index in [1.807, 2.05) is 25.1 Å². The van der Waals surface area contributed by atoms with E-state index in [2.05, 4.69) is 5.32 Å². The molecule has 0 radical (unpaired) electrons. The highest BCUT2D eigenvalue weighted by molar-refractivity contribution is 5.44. The molecule has 0 bridgehead atoms. The fraction of sp³-hybridized carbons (Fsp3) is 0.500. The second-order valence-electron chi connectivity index (χ2n) is 3.83. The van der Waals surface area contributed by atoms with Gasteiger partial charge in [0.25, 0.3) is 0 Å². The molecule has 0 spiro atoms. The van der Waals surface area contributed by atoms with Gasteiger partial charge in [-0.2, -0.15) is 0 Å². The van der Waals surface area contributed by atoms with Crippen LogP contribution in [0.3, 0.4) is 0 Å². The quantitative estimate of drug-likeness (QED) is 0.780. The molecule has 1 aliphatic rings. The summed E-state index contributed by atoms with van der Waals surface area (Å²) in [5, 5.41) is 2.81. The van der Waals surface area contributed by atoms with E-state index in [1.54, 1.807) is 0 Å². The van der Waals surface area contributed by atoms with Gasteiger partial charge in [-0.15, -0.1) is 0 Å². The van der Waals surface area contributed by atoms with Gasteiger partial charge in [0.05, 0.1) is 0 Å². The van der Waals surface area contributed by atoms with Gasteiger partial charge < -0.3 is 9.47 Å². The number of benzene rings is 1. The van der Waals surface area contributed by atoms with Crippen LogP contribution in [-0.2, 0) is 6.42 Å². The Morgan fingerprint density at radius 1 is 1.38 bits per heavy atom. The normalized spacial score (nSPS) is 15.1. The molecule has 0 fully saturated rings. The summed E-state index contributed by atoms with van der Waals surface area (Å²) in [7, 11) is 0. The first-order valence-corrected chi connectivity index (χ1v) is 5.51. The summed E-state index contributed by atoms with van der Waals surface area (Å²) in [4.78, 5) is 0. The topological polar surface area (TPSA) is 30.5 Å². The lowest BCUT2D eigenvalue weighted by molar-refractivity contribution is 0.174. The lowest BCUT2D eigenvalue weighted by Crippen LogP contribution is -2.29. The van der Waals surface area contributed by atoms with Crippen LogP contribution >= 0.6 is 0 Å². The van der Waals surface area contributed by atoms with Crippen molar-refractivity contribution in [2.24, 2.45) is 0 Å². The molecule has 0 aromatic heterocycles. The van der Waals surface area contributed by atoms with Crippen molar-refractivity contribution in [2.75, 3.05) is 13.6 Å². The van der Waals surface area contributed by atoms with Crippen molar-refractivity contribution in [1.29, 1.82) is 0 Å². The van der Waals surface area contributed by atoms with Gasteiger partial charge >= 0.3 is 0 Å². The molecular weight excluding hydrogens is 209 g/mol. The van der Waals surface area contributed by atoms with Gasteiger partial charge in [0.1, 0.15) is 6.80 Å². The summed E-state index contributed by atoms with van der Waals surface area (Å²) in [6.45, 7) is 1.85. The van der Waals surface area contributed by atoms with Crippen LogP contribution in [0.25, 0.3) is 0 Å². The zero-order valence-corrected chi connectivity index (χ0v) is 9.33. The third-order valence-electron chi connectivity index (χ3n) is 2.78. The van der Waals surface area contributed by atoms with Gasteiger partial charge in [-0.1, -0.05) is 13.0 Å². The van der Waals surface area contributed by atoms with Crippen molar-refractivity contribution >= 4 is 0 Å². The van der Waals surface area contributed by atoms with Crippen LogP contribution in [0.15, 0.2) is 18.2 Å². The average molecular weight is 225 g/mol. The van der Waals surface area contributed by atoms with Crippen LogP contribution in [0.4, 0.5) is 4.39 Å². The Morgan fingerprint density at radius 2 is 2.19 bits per heavy atom. The minimum atomic E-state index is -0.483. The minimum Gasteiger partial charge on any atom is -0.454 e. The lowest BCUT2D eigenvalue weighted by Gasteiger charge is -2.14. The number of nitrogens with one attached hydrogen (secondary N) is 1. The summed E-state index contributed by atoms with van der Waals surface area (Å²) in [5.74, 6) is 1.57. The number of halogens is 1. The predicted octanol–water partition coefficient (Wildman–Crippen LogP) is 2.25. The Bertz CT molecular complexity index is 357. The van der Waals surface area contributed by atoms with Crippen molar-refractivity contribution in [3.63, 3.8) is 0 Å². The summed E-state index contributed by atoms with van der Waals surface area (Å²) in [6.07, 6.45) is 1.70. The molecule has 1 atom stereocenters. The largest absolute Gasteiger partial charge is 0.454 e. The maximum Gasteiger partial charge on any atom is 0.231 e. The van der Waals surface area contributed by atoms with Crippen molar-refractivity contribution in [3.05, 3.63) is 23.8 Å². The smallest absolute Gasteiger partial charge is 0.231 e. The standard InChI is InChI=1S/C12H16FNO2/c1-2-10(14-7-13)5-9-3-4-11-12(6-9)16-8-15-11/h3-4,6,10,14H,2,5,7-8H2,1H3. The molecule has 1 aromatic carbocycles. The molecule has 16 heavy (non-hydrogen) atoms. The van der Waals surface area contributed by atoms with Gasteiger partial charge in [0.15, 0.2) is 11.5 Å². The minimum absolute atomic E-state index is 0.172. The van der Waals surface area contributed by atoms with Crippen LogP contribution in [0.5, 0.6) is 11.5 Å². The van der Waals surface area contributed by atoms with Gasteiger partial charge in [-0.3, -0.25) is 5.32 Å². The van der Waals surface area contributed by atoms with E-state index in [4.69, 9.17) is 9.47 Å². The molecule has 0 saturated heterocycles. The highest BCUT2D eigenvalue weighted by atomic mass is 19.1. The monoisotopic (exact) mass is 225 g/mol. The second-order valence-corrected chi connectivity index (χ2v) is 3.83. The van der Waals surface area contributed by atoms with Crippen LogP contribution in [0.2, 0.25) is 0 Å². The molecule has 3 nitrogen and oxygen atoms in total. The number of fused-ring (bicyclic) bond motifs is 1. The molecular formula is C12H16FNO2. The SMILES string of the molecule is CCC(Cc1ccc2c(c1)OCO2)NCF. The third-order valence-corrected chi connectivity index (χ3v) is 2.78. The van der Waals surface area contributed by atoms with Gasteiger partial charge in [-0.25, -0.2) is 4.39 Å². The van der Waals surface area contributed by atoms with Crippen LogP contribution in [0, 0.1) is 0 Å². The molecule has 2 rings (SSSR count). The number of hydrogen-bond donors (Lipinski definition) is 1. The highest BCUT2D eigenvalue weighted by Gasteiger charge is 2.14. The zero-order chi connectivity index (χ0) is 11.4. The van der Waals surface area contributed by atoms with E-state index < -0.39 is 6.80 Å². The van der Waals surface area contributed by atoms with Crippen LogP contribution in [-0.4, -0.2) is 19.6 Å². The molecule has 1 N–H and O–H groups in total. The molecule has 0 saturated carbocycles. The number of rotatable bonds is 5. The molecule has 88 valence electrons. The predicted molar refractivity (Wildman–Crippen MR) is 59.5 cm³/mol. The van der Waals surface area contributed by atoms with E-state index in [0.29, 0.717) is 6.79 Å². The Balaban J connectivity index is 2.04.